The smallest absolute Gasteiger partial charge is 0.264 e. The Hall–Kier alpha value is -2.98. The van der Waals surface area contributed by atoms with Crippen LogP contribution in [-0.2, 0) is 26.2 Å². The lowest BCUT2D eigenvalue weighted by atomic mass is 10.1. The van der Waals surface area contributed by atoms with Gasteiger partial charge in [-0.25, -0.2) is 8.42 Å². The van der Waals surface area contributed by atoms with Crippen molar-refractivity contribution in [2.45, 2.75) is 44.7 Å². The second-order valence-corrected chi connectivity index (χ2v) is 12.1. The molecule has 0 aliphatic heterocycles. The van der Waals surface area contributed by atoms with E-state index in [1.165, 1.54) is 29.2 Å². The first-order chi connectivity index (χ1) is 19.5. The molecule has 0 saturated carbocycles. The van der Waals surface area contributed by atoms with E-state index in [1.54, 1.807) is 63.2 Å². The fourth-order valence-corrected chi connectivity index (χ4v) is 6.25. The number of nitrogens with one attached hydrogen (secondary N) is 1. The summed E-state index contributed by atoms with van der Waals surface area (Å²) in [7, 11) is -4.29. The highest BCUT2D eigenvalue weighted by Crippen LogP contribution is 2.33. The van der Waals surface area contributed by atoms with Gasteiger partial charge in [0.25, 0.3) is 10.0 Å². The zero-order valence-corrected chi connectivity index (χ0v) is 26.0. The third kappa shape index (κ3) is 8.07. The van der Waals surface area contributed by atoms with E-state index < -0.39 is 28.5 Å². The number of nitrogens with zero attached hydrogens (tertiary/aromatic N) is 2. The van der Waals surface area contributed by atoms with Gasteiger partial charge < -0.3 is 15.0 Å². The van der Waals surface area contributed by atoms with Crippen molar-refractivity contribution in [1.82, 2.24) is 10.2 Å². The standard InChI is InChI=1S/C29H32Cl3N3O5S/c1-4-25(29(37)33-5-2)34(18-20-11-12-22(31)17-24(20)32)28(36)19-35(26-9-7-8-10-27(26)40-6-3)41(38,39)23-15-13-21(30)14-16-23/h7-17,25H,4-6,18-19H2,1-3H3,(H,33,37)/t25-/m0/s1. The molecule has 0 fully saturated rings. The number of benzene rings is 3. The van der Waals surface area contributed by atoms with Crippen LogP contribution in [0.2, 0.25) is 15.1 Å². The maximum absolute atomic E-state index is 14.1. The molecule has 2 amide bonds. The molecule has 3 aromatic rings. The monoisotopic (exact) mass is 639 g/mol. The summed E-state index contributed by atoms with van der Waals surface area (Å²) in [6, 6.07) is 16.2. The quantitative estimate of drug-likeness (QED) is 0.241. The van der Waals surface area contributed by atoms with Crippen LogP contribution >= 0.6 is 34.8 Å². The Morgan fingerprint density at radius 1 is 0.927 bits per heavy atom. The summed E-state index contributed by atoms with van der Waals surface area (Å²) < 4.78 is 34.8. The van der Waals surface area contributed by atoms with Crippen molar-refractivity contribution in [3.8, 4) is 5.75 Å². The van der Waals surface area contributed by atoms with Crippen LogP contribution in [0.3, 0.4) is 0 Å². The number of rotatable bonds is 13. The number of para-hydroxylation sites is 2. The molecule has 0 saturated heterocycles. The highest BCUT2D eigenvalue weighted by atomic mass is 35.5. The van der Waals surface area contributed by atoms with Gasteiger partial charge in [0.15, 0.2) is 0 Å². The number of carbonyl (C=O) groups is 2. The fourth-order valence-electron chi connectivity index (χ4n) is 4.23. The SMILES string of the molecule is CCNC(=O)[C@H](CC)N(Cc1ccc(Cl)cc1Cl)C(=O)CN(c1ccccc1OCC)S(=O)(=O)c1ccc(Cl)cc1. The number of hydrogen-bond acceptors (Lipinski definition) is 5. The van der Waals surface area contributed by atoms with Crippen molar-refractivity contribution < 1.29 is 22.7 Å². The molecule has 0 radical (unpaired) electrons. The summed E-state index contributed by atoms with van der Waals surface area (Å²) in [6.07, 6.45) is 0.280. The zero-order valence-electron chi connectivity index (χ0n) is 22.9. The molecule has 41 heavy (non-hydrogen) atoms. The molecular formula is C29H32Cl3N3O5S. The first kappa shape index (κ1) is 32.5. The molecule has 0 bridgehead atoms. The highest BCUT2D eigenvalue weighted by Gasteiger charge is 2.35. The first-order valence-electron chi connectivity index (χ1n) is 13.0. The molecule has 3 rings (SSSR count). The topological polar surface area (TPSA) is 96.0 Å². The molecule has 12 heteroatoms. The van der Waals surface area contributed by atoms with Gasteiger partial charge in [-0.2, -0.15) is 0 Å². The van der Waals surface area contributed by atoms with E-state index in [9.17, 15) is 18.0 Å². The zero-order chi connectivity index (χ0) is 30.2. The van der Waals surface area contributed by atoms with Crippen LogP contribution in [0.1, 0.15) is 32.8 Å². The molecule has 0 aliphatic carbocycles. The summed E-state index contributed by atoms with van der Waals surface area (Å²) in [4.78, 5) is 28.5. The van der Waals surface area contributed by atoms with Crippen LogP contribution in [0.4, 0.5) is 5.69 Å². The van der Waals surface area contributed by atoms with E-state index >= 15 is 0 Å². The molecule has 0 unspecified atom stereocenters. The van der Waals surface area contributed by atoms with Gasteiger partial charge in [0.1, 0.15) is 18.3 Å². The van der Waals surface area contributed by atoms with Gasteiger partial charge in [-0.1, -0.05) is 59.9 Å². The van der Waals surface area contributed by atoms with Crippen LogP contribution in [0.25, 0.3) is 0 Å². The second-order valence-electron chi connectivity index (χ2n) is 8.94. The lowest BCUT2D eigenvalue weighted by Crippen LogP contribution is -2.52. The van der Waals surface area contributed by atoms with E-state index in [-0.39, 0.29) is 41.8 Å². The number of carbonyl (C=O) groups excluding carboxylic acids is 2. The average molecular weight is 641 g/mol. The molecule has 0 heterocycles. The van der Waals surface area contributed by atoms with Gasteiger partial charge in [-0.3, -0.25) is 13.9 Å². The third-order valence-corrected chi connectivity index (χ3v) is 8.82. The van der Waals surface area contributed by atoms with Crippen molar-refractivity contribution >= 4 is 62.3 Å². The maximum Gasteiger partial charge on any atom is 0.264 e. The Bertz CT molecular complexity index is 1470. The number of anilines is 1. The Kier molecular flexibility index (Phi) is 11.7. The summed E-state index contributed by atoms with van der Waals surface area (Å²) in [6.45, 7) is 5.29. The lowest BCUT2D eigenvalue weighted by molar-refractivity contribution is -0.140. The van der Waals surface area contributed by atoms with Crippen molar-refractivity contribution in [3.63, 3.8) is 0 Å². The minimum Gasteiger partial charge on any atom is -0.492 e. The van der Waals surface area contributed by atoms with Crippen LogP contribution in [0.5, 0.6) is 5.75 Å². The van der Waals surface area contributed by atoms with Crippen molar-refractivity contribution in [2.24, 2.45) is 0 Å². The predicted octanol–water partition coefficient (Wildman–Crippen LogP) is 6.18. The molecule has 0 aromatic heterocycles. The normalized spacial score (nSPS) is 12.0. The summed E-state index contributed by atoms with van der Waals surface area (Å²) in [5, 5.41) is 3.85. The second kappa shape index (κ2) is 14.8. The molecule has 1 atom stereocenters. The largest absolute Gasteiger partial charge is 0.492 e. The van der Waals surface area contributed by atoms with Gasteiger partial charge >= 0.3 is 0 Å². The number of hydrogen-bond donors (Lipinski definition) is 1. The van der Waals surface area contributed by atoms with Crippen LogP contribution < -0.4 is 14.4 Å². The van der Waals surface area contributed by atoms with Crippen molar-refractivity contribution in [1.29, 1.82) is 0 Å². The van der Waals surface area contributed by atoms with Crippen molar-refractivity contribution in [3.05, 3.63) is 87.4 Å². The Morgan fingerprint density at radius 2 is 1.59 bits per heavy atom. The van der Waals surface area contributed by atoms with E-state index in [4.69, 9.17) is 39.5 Å². The minimum absolute atomic E-state index is 0.0492. The number of amides is 2. The van der Waals surface area contributed by atoms with E-state index in [0.29, 0.717) is 27.2 Å². The van der Waals surface area contributed by atoms with Crippen LogP contribution in [0.15, 0.2) is 71.6 Å². The molecule has 1 N–H and O–H groups in total. The van der Waals surface area contributed by atoms with Crippen molar-refractivity contribution in [2.75, 3.05) is 24.0 Å². The lowest BCUT2D eigenvalue weighted by Gasteiger charge is -2.33. The number of sulfonamides is 1. The third-order valence-electron chi connectivity index (χ3n) is 6.21. The Labute approximate surface area is 256 Å². The van der Waals surface area contributed by atoms with E-state index in [1.807, 2.05) is 0 Å². The number of ether oxygens (including phenoxy) is 1. The molecule has 0 aliphatic rings. The molecule has 0 spiro atoms. The van der Waals surface area contributed by atoms with Crippen LogP contribution in [-0.4, -0.2) is 50.9 Å². The highest BCUT2D eigenvalue weighted by molar-refractivity contribution is 7.92. The minimum atomic E-state index is -4.29. The van der Waals surface area contributed by atoms with E-state index in [0.717, 1.165) is 4.31 Å². The van der Waals surface area contributed by atoms with Crippen LogP contribution in [0, 0.1) is 0 Å². The van der Waals surface area contributed by atoms with E-state index in [2.05, 4.69) is 5.32 Å². The van der Waals surface area contributed by atoms with Gasteiger partial charge in [0.05, 0.1) is 17.2 Å². The van der Waals surface area contributed by atoms with Gasteiger partial charge in [-0.15, -0.1) is 0 Å². The van der Waals surface area contributed by atoms with Gasteiger partial charge in [0.2, 0.25) is 11.8 Å². The number of halogens is 3. The Balaban J connectivity index is 2.13. The molecule has 220 valence electrons. The summed E-state index contributed by atoms with van der Waals surface area (Å²) in [5.74, 6) is -0.698. The maximum atomic E-state index is 14.1. The number of likely N-dealkylation sites (N-methyl/N-ethyl adjacent to an activating group) is 1. The average Bonchev–Trinajstić information content (AvgIpc) is 2.93. The van der Waals surface area contributed by atoms with Gasteiger partial charge in [-0.05, 0) is 74.4 Å². The first-order valence-corrected chi connectivity index (χ1v) is 15.6. The molecule has 8 nitrogen and oxygen atoms in total. The van der Waals surface area contributed by atoms with Gasteiger partial charge in [0, 0.05) is 28.2 Å². The Morgan fingerprint density at radius 3 is 2.20 bits per heavy atom. The summed E-state index contributed by atoms with van der Waals surface area (Å²) >= 11 is 18.5. The molecular weight excluding hydrogens is 609 g/mol. The predicted molar refractivity (Wildman–Crippen MR) is 163 cm³/mol. The molecule has 3 aromatic carbocycles. The summed E-state index contributed by atoms with van der Waals surface area (Å²) in [5.41, 5.74) is 0.724. The fraction of sp³-hybridized carbons (Fsp3) is 0.310.